The number of carboxylic acids is 1. The number of fused-ring (bicyclic) bond motifs is 1. The van der Waals surface area contributed by atoms with Crippen LogP contribution in [-0.4, -0.2) is 25.6 Å². The summed E-state index contributed by atoms with van der Waals surface area (Å²) in [5.41, 5.74) is 1.79. The first kappa shape index (κ1) is 13.9. The highest BCUT2D eigenvalue weighted by Crippen LogP contribution is 2.26. The van der Waals surface area contributed by atoms with Crippen molar-refractivity contribution in [2.75, 3.05) is 0 Å². The Hall–Kier alpha value is -2.11. The lowest BCUT2D eigenvalue weighted by atomic mass is 10.2. The summed E-state index contributed by atoms with van der Waals surface area (Å²) in [6.45, 7) is -0.248. The molecule has 2 aromatic heterocycles. The van der Waals surface area contributed by atoms with E-state index >= 15 is 0 Å². The topological polar surface area (TPSA) is 68.0 Å². The Morgan fingerprint density at radius 3 is 2.48 bits per heavy atom. The fourth-order valence-corrected chi connectivity index (χ4v) is 2.35. The standard InChI is InChI=1S/C14H9Cl2N3O2/c15-9-3-1-8(2-4-9)13-17-10-5-6-11(16)18-14(10)19(13)7-12(20)21/h1-6H,7H2,(H,20,21). The van der Waals surface area contributed by atoms with Gasteiger partial charge in [-0.05, 0) is 36.4 Å². The number of imidazole rings is 1. The summed E-state index contributed by atoms with van der Waals surface area (Å²) in [7, 11) is 0. The largest absolute Gasteiger partial charge is 0.480 e. The maximum atomic E-state index is 11.1. The van der Waals surface area contributed by atoms with E-state index in [0.717, 1.165) is 5.56 Å². The average molecular weight is 322 g/mol. The number of carboxylic acid groups (broad SMARTS) is 1. The zero-order valence-corrected chi connectivity index (χ0v) is 12.1. The molecule has 0 amide bonds. The van der Waals surface area contributed by atoms with Crippen LogP contribution in [0.15, 0.2) is 36.4 Å². The smallest absolute Gasteiger partial charge is 0.323 e. The number of pyridine rings is 1. The molecule has 0 aliphatic carbocycles. The van der Waals surface area contributed by atoms with Crippen molar-refractivity contribution in [2.45, 2.75) is 6.54 Å². The van der Waals surface area contributed by atoms with E-state index in [1.54, 1.807) is 36.4 Å². The molecule has 0 fully saturated rings. The van der Waals surface area contributed by atoms with Crippen LogP contribution in [0.1, 0.15) is 0 Å². The van der Waals surface area contributed by atoms with Crippen LogP contribution in [0.3, 0.4) is 0 Å². The van der Waals surface area contributed by atoms with Crippen LogP contribution in [0.4, 0.5) is 0 Å². The highest BCUT2D eigenvalue weighted by atomic mass is 35.5. The highest BCUT2D eigenvalue weighted by molar-refractivity contribution is 6.30. The number of aromatic nitrogens is 3. The predicted molar refractivity (Wildman–Crippen MR) is 80.6 cm³/mol. The summed E-state index contributed by atoms with van der Waals surface area (Å²) in [5.74, 6) is -0.467. The molecule has 1 aromatic carbocycles. The van der Waals surface area contributed by atoms with Gasteiger partial charge in [-0.3, -0.25) is 9.36 Å². The lowest BCUT2D eigenvalue weighted by Crippen LogP contribution is -2.10. The van der Waals surface area contributed by atoms with Gasteiger partial charge in [-0.15, -0.1) is 0 Å². The minimum atomic E-state index is -0.980. The third-order valence-corrected chi connectivity index (χ3v) is 3.42. The van der Waals surface area contributed by atoms with Crippen molar-refractivity contribution in [1.82, 2.24) is 14.5 Å². The van der Waals surface area contributed by atoms with Gasteiger partial charge < -0.3 is 5.11 Å². The van der Waals surface area contributed by atoms with Crippen LogP contribution in [0.2, 0.25) is 10.2 Å². The lowest BCUT2D eigenvalue weighted by molar-refractivity contribution is -0.137. The van der Waals surface area contributed by atoms with Crippen molar-refractivity contribution in [1.29, 1.82) is 0 Å². The molecule has 0 atom stereocenters. The first-order chi connectivity index (χ1) is 10.0. The van der Waals surface area contributed by atoms with E-state index < -0.39 is 5.97 Å². The molecule has 0 radical (unpaired) electrons. The molecule has 5 nitrogen and oxygen atoms in total. The molecule has 0 spiro atoms. The molecule has 7 heteroatoms. The van der Waals surface area contributed by atoms with Crippen molar-refractivity contribution in [3.05, 3.63) is 46.6 Å². The van der Waals surface area contributed by atoms with Gasteiger partial charge in [-0.1, -0.05) is 23.2 Å². The van der Waals surface area contributed by atoms with Gasteiger partial charge in [-0.2, -0.15) is 0 Å². The number of benzene rings is 1. The second-order valence-electron chi connectivity index (χ2n) is 4.40. The van der Waals surface area contributed by atoms with Gasteiger partial charge in [0.15, 0.2) is 5.65 Å². The van der Waals surface area contributed by atoms with Crippen LogP contribution in [0.5, 0.6) is 0 Å². The number of rotatable bonds is 3. The van der Waals surface area contributed by atoms with Gasteiger partial charge in [0, 0.05) is 10.6 Å². The molecule has 3 aromatic rings. The normalized spacial score (nSPS) is 11.0. The molecule has 21 heavy (non-hydrogen) atoms. The first-order valence-electron chi connectivity index (χ1n) is 6.05. The molecule has 2 heterocycles. The van der Waals surface area contributed by atoms with Crippen molar-refractivity contribution < 1.29 is 9.90 Å². The van der Waals surface area contributed by atoms with Crippen LogP contribution in [-0.2, 0) is 11.3 Å². The number of halogens is 2. The molecule has 3 rings (SSSR count). The number of hydrogen-bond acceptors (Lipinski definition) is 3. The third kappa shape index (κ3) is 2.70. The highest BCUT2D eigenvalue weighted by Gasteiger charge is 2.16. The number of aliphatic carboxylic acids is 1. The molecule has 106 valence electrons. The van der Waals surface area contributed by atoms with E-state index in [1.165, 1.54) is 4.57 Å². The molecular formula is C14H9Cl2N3O2. The van der Waals surface area contributed by atoms with E-state index in [1.807, 2.05) is 0 Å². The Morgan fingerprint density at radius 2 is 1.81 bits per heavy atom. The summed E-state index contributed by atoms with van der Waals surface area (Å²) >= 11 is 11.8. The lowest BCUT2D eigenvalue weighted by Gasteiger charge is -2.06. The van der Waals surface area contributed by atoms with Crippen LogP contribution in [0, 0.1) is 0 Å². The van der Waals surface area contributed by atoms with E-state index in [0.29, 0.717) is 22.0 Å². The Bertz CT molecular complexity index is 828. The molecule has 0 saturated carbocycles. The van der Waals surface area contributed by atoms with Gasteiger partial charge in [0.25, 0.3) is 0 Å². The first-order valence-corrected chi connectivity index (χ1v) is 6.81. The quantitative estimate of drug-likeness (QED) is 0.750. The molecule has 0 bridgehead atoms. The van der Waals surface area contributed by atoms with E-state index in [4.69, 9.17) is 28.3 Å². The average Bonchev–Trinajstić information content (AvgIpc) is 2.77. The maximum Gasteiger partial charge on any atom is 0.323 e. The van der Waals surface area contributed by atoms with Crippen LogP contribution in [0.25, 0.3) is 22.6 Å². The summed E-state index contributed by atoms with van der Waals surface area (Å²) in [4.78, 5) is 19.7. The summed E-state index contributed by atoms with van der Waals surface area (Å²) < 4.78 is 1.52. The van der Waals surface area contributed by atoms with Crippen molar-refractivity contribution in [3.8, 4) is 11.4 Å². The van der Waals surface area contributed by atoms with Gasteiger partial charge >= 0.3 is 5.97 Å². The molecule has 0 aliphatic heterocycles. The Balaban J connectivity index is 2.25. The molecule has 0 aliphatic rings. The van der Waals surface area contributed by atoms with Gasteiger partial charge in [-0.25, -0.2) is 9.97 Å². The fourth-order valence-electron chi connectivity index (χ4n) is 2.08. The molecule has 0 unspecified atom stereocenters. The SMILES string of the molecule is O=C(O)Cn1c(-c2ccc(Cl)cc2)nc2ccc(Cl)nc21. The van der Waals surface area contributed by atoms with E-state index in [-0.39, 0.29) is 11.7 Å². The fraction of sp³-hybridized carbons (Fsp3) is 0.0714. The minimum Gasteiger partial charge on any atom is -0.480 e. The second kappa shape index (κ2) is 5.35. The van der Waals surface area contributed by atoms with Gasteiger partial charge in [0.2, 0.25) is 0 Å². The number of hydrogen-bond donors (Lipinski definition) is 1. The Kier molecular flexibility index (Phi) is 3.53. The maximum absolute atomic E-state index is 11.1. The van der Waals surface area contributed by atoms with Crippen molar-refractivity contribution in [3.63, 3.8) is 0 Å². The number of nitrogens with zero attached hydrogens (tertiary/aromatic N) is 3. The van der Waals surface area contributed by atoms with Crippen LogP contribution >= 0.6 is 23.2 Å². The van der Waals surface area contributed by atoms with Gasteiger partial charge in [0.05, 0.1) is 0 Å². The Labute approximate surface area is 129 Å². The second-order valence-corrected chi connectivity index (χ2v) is 5.22. The Morgan fingerprint density at radius 1 is 1.10 bits per heavy atom. The monoisotopic (exact) mass is 321 g/mol. The summed E-state index contributed by atoms with van der Waals surface area (Å²) in [6, 6.07) is 10.3. The number of carbonyl (C=O) groups is 1. The summed E-state index contributed by atoms with van der Waals surface area (Å²) in [6.07, 6.45) is 0. The zero-order valence-electron chi connectivity index (χ0n) is 10.6. The van der Waals surface area contributed by atoms with E-state index in [9.17, 15) is 4.79 Å². The van der Waals surface area contributed by atoms with Crippen LogP contribution < -0.4 is 0 Å². The molecule has 1 N–H and O–H groups in total. The molecule has 0 saturated heterocycles. The van der Waals surface area contributed by atoms with Crippen molar-refractivity contribution >= 4 is 40.3 Å². The van der Waals surface area contributed by atoms with Gasteiger partial charge in [0.1, 0.15) is 23.0 Å². The summed E-state index contributed by atoms with van der Waals surface area (Å²) in [5, 5.41) is 9.99. The molecular weight excluding hydrogens is 313 g/mol. The predicted octanol–water partition coefficient (Wildman–Crippen LogP) is 3.49. The zero-order chi connectivity index (χ0) is 15.0. The van der Waals surface area contributed by atoms with E-state index in [2.05, 4.69) is 9.97 Å². The third-order valence-electron chi connectivity index (χ3n) is 2.95. The minimum absolute atomic E-state index is 0.248. The van der Waals surface area contributed by atoms with Crippen molar-refractivity contribution in [2.24, 2.45) is 0 Å².